The van der Waals surface area contributed by atoms with E-state index in [1.54, 1.807) is 11.8 Å². The van der Waals surface area contributed by atoms with Crippen LogP contribution in [0.3, 0.4) is 0 Å². The summed E-state index contributed by atoms with van der Waals surface area (Å²) in [6, 6.07) is 3.90. The van der Waals surface area contributed by atoms with E-state index in [0.29, 0.717) is 24.4 Å². The van der Waals surface area contributed by atoms with Crippen molar-refractivity contribution < 1.29 is 19.0 Å². The highest BCUT2D eigenvalue weighted by atomic mass is 19.1. The van der Waals surface area contributed by atoms with Gasteiger partial charge in [-0.05, 0) is 45.9 Å². The van der Waals surface area contributed by atoms with Crippen molar-refractivity contribution in [3.05, 3.63) is 29.6 Å². The Morgan fingerprint density at radius 3 is 2.45 bits per heavy atom. The molecule has 112 valence electrons. The lowest BCUT2D eigenvalue weighted by atomic mass is 10.1. The molecule has 1 N–H and O–H groups in total. The summed E-state index contributed by atoms with van der Waals surface area (Å²) in [5, 5.41) is 9.64. The Morgan fingerprint density at radius 1 is 1.35 bits per heavy atom. The van der Waals surface area contributed by atoms with E-state index in [1.165, 1.54) is 25.1 Å². The van der Waals surface area contributed by atoms with Gasteiger partial charge in [0.05, 0.1) is 6.10 Å². The Kier molecular flexibility index (Phi) is 5.95. The molecule has 0 radical (unpaired) electrons. The van der Waals surface area contributed by atoms with Crippen LogP contribution in [-0.2, 0) is 4.79 Å². The highest BCUT2D eigenvalue weighted by Crippen LogP contribution is 2.27. The summed E-state index contributed by atoms with van der Waals surface area (Å²) in [6.07, 6.45) is -1.55. The second kappa shape index (κ2) is 7.24. The summed E-state index contributed by atoms with van der Waals surface area (Å²) in [5.74, 6) is -0.249. The number of amides is 1. The van der Waals surface area contributed by atoms with Crippen LogP contribution >= 0.6 is 0 Å². The quantitative estimate of drug-likeness (QED) is 0.872. The minimum atomic E-state index is -0.864. The van der Waals surface area contributed by atoms with Gasteiger partial charge in [-0.25, -0.2) is 4.39 Å². The van der Waals surface area contributed by atoms with E-state index in [1.807, 2.05) is 13.8 Å². The number of hydrogen-bond acceptors (Lipinski definition) is 3. The molecule has 1 aromatic rings. The summed E-state index contributed by atoms with van der Waals surface area (Å²) in [5.41, 5.74) is 0.337. The number of benzene rings is 1. The van der Waals surface area contributed by atoms with Crippen molar-refractivity contribution in [2.75, 3.05) is 13.1 Å². The zero-order valence-corrected chi connectivity index (χ0v) is 12.4. The lowest BCUT2D eigenvalue weighted by molar-refractivity contribution is -0.137. The number of hydrogen-bond donors (Lipinski definition) is 1. The van der Waals surface area contributed by atoms with Crippen molar-refractivity contribution in [3.63, 3.8) is 0 Å². The molecule has 20 heavy (non-hydrogen) atoms. The second-order valence-corrected chi connectivity index (χ2v) is 4.63. The first kappa shape index (κ1) is 16.4. The maximum atomic E-state index is 13.2. The van der Waals surface area contributed by atoms with E-state index < -0.39 is 18.0 Å². The van der Waals surface area contributed by atoms with Gasteiger partial charge >= 0.3 is 0 Å². The molecule has 0 saturated heterocycles. The normalized spacial score (nSPS) is 13.7. The monoisotopic (exact) mass is 283 g/mol. The Morgan fingerprint density at radius 2 is 1.95 bits per heavy atom. The van der Waals surface area contributed by atoms with Gasteiger partial charge in [-0.2, -0.15) is 0 Å². The standard InChI is InChI=1S/C15H22FNO3/c1-5-17(6-2)15(19)11(4)20-14-8-7-12(16)9-13(14)10(3)18/h7-11,18H,5-6H2,1-4H3. The summed E-state index contributed by atoms with van der Waals surface area (Å²) in [7, 11) is 0. The predicted molar refractivity (Wildman–Crippen MR) is 75.1 cm³/mol. The van der Waals surface area contributed by atoms with Gasteiger partial charge in [-0.15, -0.1) is 0 Å². The first-order valence-electron chi connectivity index (χ1n) is 6.83. The van der Waals surface area contributed by atoms with Gasteiger partial charge in [-0.1, -0.05) is 0 Å². The summed E-state index contributed by atoms with van der Waals surface area (Å²) >= 11 is 0. The van der Waals surface area contributed by atoms with Crippen molar-refractivity contribution in [2.24, 2.45) is 0 Å². The molecule has 0 fully saturated rings. The number of aliphatic hydroxyl groups is 1. The number of carbonyl (C=O) groups excluding carboxylic acids is 1. The molecule has 0 aliphatic rings. The molecule has 5 heteroatoms. The lowest BCUT2D eigenvalue weighted by Gasteiger charge is -2.24. The number of likely N-dealkylation sites (N-methyl/N-ethyl adjacent to an activating group) is 1. The van der Waals surface area contributed by atoms with Crippen molar-refractivity contribution in [1.29, 1.82) is 0 Å². The third kappa shape index (κ3) is 3.93. The van der Waals surface area contributed by atoms with Crippen LogP contribution in [0.25, 0.3) is 0 Å². The largest absolute Gasteiger partial charge is 0.481 e. The molecular formula is C15H22FNO3. The van der Waals surface area contributed by atoms with Crippen LogP contribution in [-0.4, -0.2) is 35.1 Å². The summed E-state index contributed by atoms with van der Waals surface area (Å²) < 4.78 is 18.8. The van der Waals surface area contributed by atoms with Crippen LogP contribution < -0.4 is 4.74 Å². The van der Waals surface area contributed by atoms with Crippen molar-refractivity contribution in [3.8, 4) is 5.75 Å². The molecule has 2 unspecified atom stereocenters. The van der Waals surface area contributed by atoms with Gasteiger partial charge in [0.15, 0.2) is 6.10 Å². The topological polar surface area (TPSA) is 49.8 Å². The third-order valence-electron chi connectivity index (χ3n) is 3.15. The van der Waals surface area contributed by atoms with Crippen LogP contribution in [0, 0.1) is 5.82 Å². The van der Waals surface area contributed by atoms with Gasteiger partial charge in [0.1, 0.15) is 11.6 Å². The molecular weight excluding hydrogens is 261 g/mol. The maximum Gasteiger partial charge on any atom is 0.263 e. The van der Waals surface area contributed by atoms with E-state index in [2.05, 4.69) is 0 Å². The molecule has 1 aromatic carbocycles. The molecule has 0 aliphatic heterocycles. The Labute approximate surface area is 119 Å². The third-order valence-corrected chi connectivity index (χ3v) is 3.15. The maximum absolute atomic E-state index is 13.2. The van der Waals surface area contributed by atoms with Gasteiger partial charge in [0, 0.05) is 18.7 Å². The molecule has 0 saturated carbocycles. The Hall–Kier alpha value is -1.62. The van der Waals surface area contributed by atoms with E-state index in [0.717, 1.165) is 0 Å². The lowest BCUT2D eigenvalue weighted by Crippen LogP contribution is -2.40. The molecule has 2 atom stereocenters. The van der Waals surface area contributed by atoms with Crippen molar-refractivity contribution in [1.82, 2.24) is 4.90 Å². The van der Waals surface area contributed by atoms with Gasteiger partial charge in [-0.3, -0.25) is 4.79 Å². The molecule has 1 rings (SSSR count). The second-order valence-electron chi connectivity index (χ2n) is 4.63. The average molecular weight is 283 g/mol. The number of aliphatic hydroxyl groups excluding tert-OH is 1. The number of carbonyl (C=O) groups is 1. The van der Waals surface area contributed by atoms with Crippen LogP contribution in [0.2, 0.25) is 0 Å². The SMILES string of the molecule is CCN(CC)C(=O)C(C)Oc1ccc(F)cc1C(C)O. The number of nitrogens with zero attached hydrogens (tertiary/aromatic N) is 1. The van der Waals surface area contributed by atoms with Crippen LogP contribution in [0.15, 0.2) is 18.2 Å². The van der Waals surface area contributed by atoms with Crippen LogP contribution in [0.1, 0.15) is 39.4 Å². The zero-order chi connectivity index (χ0) is 15.3. The molecule has 4 nitrogen and oxygen atoms in total. The molecule has 0 bridgehead atoms. The van der Waals surface area contributed by atoms with Crippen LogP contribution in [0.5, 0.6) is 5.75 Å². The predicted octanol–water partition coefficient (Wildman–Crippen LogP) is 2.51. The Balaban J connectivity index is 2.90. The first-order valence-corrected chi connectivity index (χ1v) is 6.83. The van der Waals surface area contributed by atoms with Gasteiger partial charge < -0.3 is 14.7 Å². The highest BCUT2D eigenvalue weighted by Gasteiger charge is 2.21. The number of halogens is 1. The average Bonchev–Trinajstić information content (AvgIpc) is 2.41. The van der Waals surface area contributed by atoms with E-state index in [-0.39, 0.29) is 5.91 Å². The van der Waals surface area contributed by atoms with E-state index >= 15 is 0 Å². The minimum Gasteiger partial charge on any atom is -0.481 e. The Bertz CT molecular complexity index is 458. The molecule has 0 aliphatic carbocycles. The zero-order valence-electron chi connectivity index (χ0n) is 12.4. The fraction of sp³-hybridized carbons (Fsp3) is 0.533. The molecule has 1 amide bonds. The fourth-order valence-corrected chi connectivity index (χ4v) is 1.99. The molecule has 0 spiro atoms. The summed E-state index contributed by atoms with van der Waals surface area (Å²) in [6.45, 7) is 8.18. The van der Waals surface area contributed by atoms with E-state index in [4.69, 9.17) is 4.74 Å². The number of ether oxygens (including phenoxy) is 1. The fourth-order valence-electron chi connectivity index (χ4n) is 1.99. The van der Waals surface area contributed by atoms with Crippen molar-refractivity contribution in [2.45, 2.75) is 39.9 Å². The number of rotatable bonds is 6. The van der Waals surface area contributed by atoms with E-state index in [9.17, 15) is 14.3 Å². The van der Waals surface area contributed by atoms with Crippen molar-refractivity contribution >= 4 is 5.91 Å². The smallest absolute Gasteiger partial charge is 0.263 e. The highest BCUT2D eigenvalue weighted by molar-refractivity contribution is 5.80. The van der Waals surface area contributed by atoms with Gasteiger partial charge in [0.25, 0.3) is 5.91 Å². The molecule has 0 heterocycles. The first-order chi connectivity index (χ1) is 9.40. The summed E-state index contributed by atoms with van der Waals surface area (Å²) in [4.78, 5) is 13.8. The van der Waals surface area contributed by atoms with Gasteiger partial charge in [0.2, 0.25) is 0 Å². The van der Waals surface area contributed by atoms with Crippen LogP contribution in [0.4, 0.5) is 4.39 Å². The minimum absolute atomic E-state index is 0.129. The molecule has 0 aromatic heterocycles.